The Balaban J connectivity index is 2.39. The van der Waals surface area contributed by atoms with Crippen molar-refractivity contribution in [1.82, 2.24) is 15.1 Å². The van der Waals surface area contributed by atoms with Gasteiger partial charge in [-0.1, -0.05) is 11.6 Å². The molecule has 0 unspecified atom stereocenters. The standard InChI is InChI=1S/C11H10BrClFN3/c1-15-5-11-8(12)6-17(16-11)7-2-3-10(14)9(13)4-7/h2-4,6,15H,5H2,1H3. The average molecular weight is 319 g/mol. The number of rotatable bonds is 3. The Labute approximate surface area is 112 Å². The summed E-state index contributed by atoms with van der Waals surface area (Å²) >= 11 is 9.15. The number of halogens is 3. The quantitative estimate of drug-likeness (QED) is 0.942. The van der Waals surface area contributed by atoms with Crippen LogP contribution in [0.1, 0.15) is 5.69 Å². The lowest BCUT2D eigenvalue weighted by molar-refractivity contribution is 0.627. The highest BCUT2D eigenvalue weighted by molar-refractivity contribution is 9.10. The molecule has 0 aliphatic rings. The number of hydrogen-bond donors (Lipinski definition) is 1. The first-order chi connectivity index (χ1) is 8.11. The van der Waals surface area contributed by atoms with E-state index in [0.29, 0.717) is 6.54 Å². The van der Waals surface area contributed by atoms with E-state index >= 15 is 0 Å². The molecule has 0 atom stereocenters. The summed E-state index contributed by atoms with van der Waals surface area (Å²) in [6, 6.07) is 4.49. The molecule has 1 N–H and O–H groups in total. The minimum Gasteiger partial charge on any atom is -0.314 e. The molecule has 0 bridgehead atoms. The summed E-state index contributed by atoms with van der Waals surface area (Å²) in [6.07, 6.45) is 1.82. The summed E-state index contributed by atoms with van der Waals surface area (Å²) < 4.78 is 15.6. The molecule has 0 saturated heterocycles. The smallest absolute Gasteiger partial charge is 0.141 e. The summed E-state index contributed by atoms with van der Waals surface area (Å²) in [7, 11) is 1.85. The molecule has 0 aliphatic carbocycles. The predicted molar refractivity (Wildman–Crippen MR) is 69.0 cm³/mol. The minimum absolute atomic E-state index is 0.0873. The molecule has 2 aromatic rings. The van der Waals surface area contributed by atoms with E-state index in [4.69, 9.17) is 11.6 Å². The van der Waals surface area contributed by atoms with E-state index in [1.54, 1.807) is 16.8 Å². The Morgan fingerprint density at radius 2 is 2.29 bits per heavy atom. The van der Waals surface area contributed by atoms with Gasteiger partial charge in [0.15, 0.2) is 0 Å². The molecular formula is C11H10BrClFN3. The van der Waals surface area contributed by atoms with Gasteiger partial charge < -0.3 is 5.32 Å². The zero-order chi connectivity index (χ0) is 12.4. The molecule has 0 radical (unpaired) electrons. The molecule has 1 aromatic carbocycles. The number of nitrogens with one attached hydrogen (secondary N) is 1. The van der Waals surface area contributed by atoms with Crippen LogP contribution in [0.2, 0.25) is 5.02 Å². The van der Waals surface area contributed by atoms with E-state index in [2.05, 4.69) is 26.3 Å². The second-order valence-electron chi connectivity index (χ2n) is 3.50. The van der Waals surface area contributed by atoms with Crippen LogP contribution in [0, 0.1) is 5.82 Å². The molecule has 0 aliphatic heterocycles. The topological polar surface area (TPSA) is 29.9 Å². The first-order valence-corrected chi connectivity index (χ1v) is 6.13. The van der Waals surface area contributed by atoms with Crippen molar-refractivity contribution in [3.63, 3.8) is 0 Å². The van der Waals surface area contributed by atoms with E-state index < -0.39 is 5.82 Å². The fourth-order valence-electron chi connectivity index (χ4n) is 1.44. The normalized spacial score (nSPS) is 10.8. The van der Waals surface area contributed by atoms with E-state index in [1.807, 2.05) is 13.2 Å². The van der Waals surface area contributed by atoms with E-state index in [0.717, 1.165) is 15.9 Å². The third-order valence-corrected chi connectivity index (χ3v) is 3.20. The Morgan fingerprint density at radius 3 is 2.94 bits per heavy atom. The Hall–Kier alpha value is -0.910. The van der Waals surface area contributed by atoms with Crippen molar-refractivity contribution >= 4 is 27.5 Å². The molecule has 2 rings (SSSR count). The molecular weight excluding hydrogens is 308 g/mol. The Bertz CT molecular complexity index is 542. The van der Waals surface area contributed by atoms with Gasteiger partial charge in [-0.05, 0) is 41.2 Å². The molecule has 1 aromatic heterocycles. The zero-order valence-electron chi connectivity index (χ0n) is 9.04. The highest BCUT2D eigenvalue weighted by atomic mass is 79.9. The predicted octanol–water partition coefficient (Wildman–Crippen LogP) is 3.15. The van der Waals surface area contributed by atoms with Crippen LogP contribution in [0.3, 0.4) is 0 Å². The van der Waals surface area contributed by atoms with Crippen molar-refractivity contribution in [2.24, 2.45) is 0 Å². The molecule has 0 spiro atoms. The van der Waals surface area contributed by atoms with Crippen molar-refractivity contribution < 1.29 is 4.39 Å². The van der Waals surface area contributed by atoms with Crippen LogP contribution in [0.4, 0.5) is 4.39 Å². The van der Waals surface area contributed by atoms with Gasteiger partial charge in [0.25, 0.3) is 0 Å². The molecule has 1 heterocycles. The molecule has 17 heavy (non-hydrogen) atoms. The fraction of sp³-hybridized carbons (Fsp3) is 0.182. The molecule has 0 saturated carbocycles. The second-order valence-corrected chi connectivity index (χ2v) is 4.76. The van der Waals surface area contributed by atoms with Gasteiger partial charge >= 0.3 is 0 Å². The summed E-state index contributed by atoms with van der Waals surface area (Å²) in [6.45, 7) is 0.655. The minimum atomic E-state index is -0.433. The van der Waals surface area contributed by atoms with Crippen molar-refractivity contribution in [3.8, 4) is 5.69 Å². The van der Waals surface area contributed by atoms with Crippen LogP contribution in [-0.4, -0.2) is 16.8 Å². The van der Waals surface area contributed by atoms with E-state index in [9.17, 15) is 4.39 Å². The van der Waals surface area contributed by atoms with Gasteiger partial charge in [-0.2, -0.15) is 5.10 Å². The van der Waals surface area contributed by atoms with Crippen molar-refractivity contribution in [2.75, 3.05) is 7.05 Å². The highest BCUT2D eigenvalue weighted by Gasteiger charge is 2.08. The van der Waals surface area contributed by atoms with Gasteiger partial charge in [-0.25, -0.2) is 9.07 Å². The van der Waals surface area contributed by atoms with Gasteiger partial charge in [0.05, 0.1) is 20.9 Å². The van der Waals surface area contributed by atoms with Crippen molar-refractivity contribution in [2.45, 2.75) is 6.54 Å². The first-order valence-electron chi connectivity index (χ1n) is 4.96. The number of hydrogen-bond acceptors (Lipinski definition) is 2. The molecule has 3 nitrogen and oxygen atoms in total. The maximum Gasteiger partial charge on any atom is 0.141 e. The lowest BCUT2D eigenvalue weighted by Crippen LogP contribution is -2.07. The largest absolute Gasteiger partial charge is 0.314 e. The molecule has 0 fully saturated rings. The monoisotopic (exact) mass is 317 g/mol. The van der Waals surface area contributed by atoms with Crippen LogP contribution in [0.25, 0.3) is 5.69 Å². The third-order valence-electron chi connectivity index (χ3n) is 2.25. The van der Waals surface area contributed by atoms with Crippen LogP contribution in [-0.2, 0) is 6.54 Å². The molecule has 6 heteroatoms. The van der Waals surface area contributed by atoms with Crippen LogP contribution >= 0.6 is 27.5 Å². The maximum absolute atomic E-state index is 13.0. The average Bonchev–Trinajstić information content (AvgIpc) is 2.65. The first kappa shape index (κ1) is 12.5. The maximum atomic E-state index is 13.0. The van der Waals surface area contributed by atoms with Crippen LogP contribution in [0.15, 0.2) is 28.9 Å². The lowest BCUT2D eigenvalue weighted by Gasteiger charge is -2.02. The second kappa shape index (κ2) is 5.16. The number of nitrogens with zero attached hydrogens (tertiary/aromatic N) is 2. The van der Waals surface area contributed by atoms with Gasteiger partial charge in [-0.15, -0.1) is 0 Å². The highest BCUT2D eigenvalue weighted by Crippen LogP contribution is 2.21. The lowest BCUT2D eigenvalue weighted by atomic mass is 10.3. The van der Waals surface area contributed by atoms with Gasteiger partial charge in [-0.3, -0.25) is 0 Å². The number of aromatic nitrogens is 2. The van der Waals surface area contributed by atoms with Crippen LogP contribution in [0.5, 0.6) is 0 Å². The van der Waals surface area contributed by atoms with Crippen molar-refractivity contribution in [1.29, 1.82) is 0 Å². The van der Waals surface area contributed by atoms with E-state index in [1.165, 1.54) is 6.07 Å². The molecule has 0 amide bonds. The summed E-state index contributed by atoms with van der Waals surface area (Å²) in [5.41, 5.74) is 1.60. The summed E-state index contributed by atoms with van der Waals surface area (Å²) in [5.74, 6) is -0.433. The van der Waals surface area contributed by atoms with Crippen molar-refractivity contribution in [3.05, 3.63) is 45.4 Å². The van der Waals surface area contributed by atoms with Gasteiger partial charge in [0.2, 0.25) is 0 Å². The Morgan fingerprint density at radius 1 is 1.53 bits per heavy atom. The van der Waals surface area contributed by atoms with E-state index in [-0.39, 0.29) is 5.02 Å². The summed E-state index contributed by atoms with van der Waals surface area (Å²) in [5, 5.41) is 7.47. The van der Waals surface area contributed by atoms with Crippen LogP contribution < -0.4 is 5.32 Å². The number of benzene rings is 1. The third kappa shape index (κ3) is 2.68. The molecule has 90 valence electrons. The summed E-state index contributed by atoms with van der Waals surface area (Å²) in [4.78, 5) is 0. The van der Waals surface area contributed by atoms with Gasteiger partial charge in [0.1, 0.15) is 5.82 Å². The zero-order valence-corrected chi connectivity index (χ0v) is 11.4. The Kier molecular flexibility index (Phi) is 3.81. The van der Waals surface area contributed by atoms with Gasteiger partial charge in [0, 0.05) is 12.7 Å². The SMILES string of the molecule is CNCc1nn(-c2ccc(F)c(Cl)c2)cc1Br. The fourth-order valence-corrected chi connectivity index (χ4v) is 2.02.